The van der Waals surface area contributed by atoms with Crippen LogP contribution in [0.2, 0.25) is 0 Å². The predicted molar refractivity (Wildman–Crippen MR) is 45.6 cm³/mol. The van der Waals surface area contributed by atoms with E-state index in [0.717, 1.165) is 26.2 Å². The van der Waals surface area contributed by atoms with Crippen molar-refractivity contribution in [3.05, 3.63) is 0 Å². The fraction of sp³-hybridized carbons (Fsp3) is 0.875. The van der Waals surface area contributed by atoms with Crippen LogP contribution in [-0.2, 0) is 9.53 Å². The Balaban J connectivity index is 2.06. The minimum atomic E-state index is -0.749. The highest BCUT2D eigenvalue weighted by molar-refractivity contribution is 5.80. The van der Waals surface area contributed by atoms with E-state index in [2.05, 4.69) is 5.32 Å². The van der Waals surface area contributed by atoms with Crippen molar-refractivity contribution in [1.29, 1.82) is 0 Å². The number of nitrogens with zero attached hydrogens (tertiary/aromatic N) is 1. The maximum Gasteiger partial charge on any atom is 0.328 e. The lowest BCUT2D eigenvalue weighted by molar-refractivity contribution is -0.188. The molecule has 2 saturated heterocycles. The van der Waals surface area contributed by atoms with Gasteiger partial charge in [-0.3, -0.25) is 9.69 Å². The molecule has 0 amide bonds. The first-order valence-corrected chi connectivity index (χ1v) is 4.53. The Morgan fingerprint density at radius 3 is 2.38 bits per heavy atom. The van der Waals surface area contributed by atoms with Crippen LogP contribution in [0.5, 0.6) is 0 Å². The van der Waals surface area contributed by atoms with Crippen LogP contribution in [-0.4, -0.2) is 60.9 Å². The molecule has 0 aromatic heterocycles. The molecule has 0 aromatic carbocycles. The second-order valence-electron chi connectivity index (χ2n) is 3.57. The van der Waals surface area contributed by atoms with Crippen LogP contribution in [0.25, 0.3) is 0 Å². The molecule has 0 spiro atoms. The Kier molecular flexibility index (Phi) is 2.23. The number of aliphatic carboxylic acids is 1. The molecule has 13 heavy (non-hydrogen) atoms. The van der Waals surface area contributed by atoms with Crippen LogP contribution in [0, 0.1) is 0 Å². The summed E-state index contributed by atoms with van der Waals surface area (Å²) in [6, 6.07) is 0. The van der Waals surface area contributed by atoms with Crippen LogP contribution in [0.4, 0.5) is 0 Å². The number of hydrogen-bond acceptors (Lipinski definition) is 4. The van der Waals surface area contributed by atoms with Gasteiger partial charge in [0, 0.05) is 26.2 Å². The highest BCUT2D eigenvalue weighted by atomic mass is 16.5. The molecule has 2 aliphatic rings. The van der Waals surface area contributed by atoms with Gasteiger partial charge in [-0.2, -0.15) is 0 Å². The summed E-state index contributed by atoms with van der Waals surface area (Å²) in [5.41, 5.74) is -0.720. The number of carbonyl (C=O) groups is 1. The lowest BCUT2D eigenvalue weighted by atomic mass is 9.94. The molecule has 5 nitrogen and oxygen atoms in total. The fourth-order valence-electron chi connectivity index (χ4n) is 1.83. The summed E-state index contributed by atoms with van der Waals surface area (Å²) >= 11 is 0. The zero-order valence-electron chi connectivity index (χ0n) is 7.45. The van der Waals surface area contributed by atoms with Gasteiger partial charge in [-0.15, -0.1) is 0 Å². The molecule has 74 valence electrons. The molecule has 0 atom stereocenters. The highest BCUT2D eigenvalue weighted by Crippen LogP contribution is 2.25. The summed E-state index contributed by atoms with van der Waals surface area (Å²) in [7, 11) is 0. The molecule has 0 aliphatic carbocycles. The molecule has 2 rings (SSSR count). The van der Waals surface area contributed by atoms with Crippen molar-refractivity contribution in [1.82, 2.24) is 10.2 Å². The smallest absolute Gasteiger partial charge is 0.328 e. The van der Waals surface area contributed by atoms with Crippen molar-refractivity contribution < 1.29 is 14.6 Å². The van der Waals surface area contributed by atoms with Gasteiger partial charge in [-0.1, -0.05) is 0 Å². The number of hydrogen-bond donors (Lipinski definition) is 2. The number of rotatable bonds is 2. The molecule has 2 heterocycles. The quantitative estimate of drug-likeness (QED) is 0.564. The fourth-order valence-corrected chi connectivity index (χ4v) is 1.83. The first-order valence-electron chi connectivity index (χ1n) is 4.53. The van der Waals surface area contributed by atoms with Gasteiger partial charge in [0.2, 0.25) is 0 Å². The first-order chi connectivity index (χ1) is 6.26. The largest absolute Gasteiger partial charge is 0.480 e. The van der Waals surface area contributed by atoms with E-state index in [9.17, 15) is 4.79 Å². The number of nitrogens with one attached hydrogen (secondary N) is 1. The van der Waals surface area contributed by atoms with E-state index in [4.69, 9.17) is 9.84 Å². The predicted octanol–water partition coefficient (Wildman–Crippen LogP) is -1.25. The molecule has 0 radical (unpaired) electrons. The molecule has 0 bridgehead atoms. The van der Waals surface area contributed by atoms with Gasteiger partial charge in [-0.05, 0) is 0 Å². The van der Waals surface area contributed by atoms with Gasteiger partial charge >= 0.3 is 5.97 Å². The minimum Gasteiger partial charge on any atom is -0.480 e. The Hall–Kier alpha value is -0.650. The van der Waals surface area contributed by atoms with E-state index in [-0.39, 0.29) is 0 Å². The second-order valence-corrected chi connectivity index (χ2v) is 3.57. The molecule has 5 heteroatoms. The number of carboxylic acid groups (broad SMARTS) is 1. The van der Waals surface area contributed by atoms with Crippen molar-refractivity contribution in [2.24, 2.45) is 0 Å². The minimum absolute atomic E-state index is 0.336. The lowest BCUT2D eigenvalue weighted by Gasteiger charge is -2.47. The van der Waals surface area contributed by atoms with Crippen LogP contribution in [0.1, 0.15) is 0 Å². The van der Waals surface area contributed by atoms with Crippen molar-refractivity contribution in [3.63, 3.8) is 0 Å². The summed E-state index contributed by atoms with van der Waals surface area (Å²) in [5.74, 6) is -0.749. The van der Waals surface area contributed by atoms with Crippen molar-refractivity contribution in [2.45, 2.75) is 5.54 Å². The van der Waals surface area contributed by atoms with Gasteiger partial charge in [0.25, 0.3) is 0 Å². The summed E-state index contributed by atoms with van der Waals surface area (Å²) in [5, 5.41) is 12.3. The summed E-state index contributed by atoms with van der Waals surface area (Å²) in [6.45, 7) is 4.01. The van der Waals surface area contributed by atoms with Crippen LogP contribution >= 0.6 is 0 Å². The standard InChI is InChI=1S/C8H14N2O3/c11-7(12)8(5-13-6-8)10-3-1-9-2-4-10/h9H,1-6H2,(H,11,12). The second kappa shape index (κ2) is 3.25. The summed E-state index contributed by atoms with van der Waals surface area (Å²) < 4.78 is 5.01. The van der Waals surface area contributed by atoms with E-state index < -0.39 is 11.5 Å². The molecular formula is C8H14N2O3. The highest BCUT2D eigenvalue weighted by Gasteiger charge is 2.51. The lowest BCUT2D eigenvalue weighted by Crippen LogP contribution is -2.69. The zero-order valence-corrected chi connectivity index (χ0v) is 7.45. The van der Waals surface area contributed by atoms with Gasteiger partial charge in [0.05, 0.1) is 13.2 Å². The molecule has 0 aromatic rings. The Morgan fingerprint density at radius 1 is 1.38 bits per heavy atom. The summed E-state index contributed by atoms with van der Waals surface area (Å²) in [4.78, 5) is 13.1. The van der Waals surface area contributed by atoms with Crippen LogP contribution in [0.3, 0.4) is 0 Å². The Labute approximate surface area is 76.7 Å². The average molecular weight is 186 g/mol. The molecule has 0 saturated carbocycles. The van der Waals surface area contributed by atoms with Crippen molar-refractivity contribution in [2.75, 3.05) is 39.4 Å². The third-order valence-electron chi connectivity index (χ3n) is 2.80. The SMILES string of the molecule is O=C(O)C1(N2CCNCC2)COC1. The van der Waals surface area contributed by atoms with E-state index in [1.165, 1.54) is 0 Å². The molecule has 0 unspecified atom stereocenters. The third-order valence-corrected chi connectivity index (χ3v) is 2.80. The maximum absolute atomic E-state index is 11.1. The van der Waals surface area contributed by atoms with E-state index in [1.807, 2.05) is 4.90 Å². The number of carboxylic acids is 1. The average Bonchev–Trinajstić information content (AvgIpc) is 2.03. The van der Waals surface area contributed by atoms with Crippen LogP contribution in [0.15, 0.2) is 0 Å². The van der Waals surface area contributed by atoms with Crippen molar-refractivity contribution in [3.8, 4) is 0 Å². The van der Waals surface area contributed by atoms with E-state index in [0.29, 0.717) is 13.2 Å². The van der Waals surface area contributed by atoms with Gasteiger partial charge in [0.15, 0.2) is 5.54 Å². The maximum atomic E-state index is 11.1. The number of ether oxygens (including phenoxy) is 1. The third kappa shape index (κ3) is 1.33. The zero-order chi connectivity index (χ0) is 9.31. The monoisotopic (exact) mass is 186 g/mol. The van der Waals surface area contributed by atoms with Gasteiger partial charge in [-0.25, -0.2) is 0 Å². The molecule has 2 N–H and O–H groups in total. The Morgan fingerprint density at radius 2 is 2.00 bits per heavy atom. The normalized spacial score (nSPS) is 28.0. The number of piperazine rings is 1. The summed E-state index contributed by atoms with van der Waals surface area (Å²) in [6.07, 6.45) is 0. The van der Waals surface area contributed by atoms with Crippen molar-refractivity contribution >= 4 is 5.97 Å². The van der Waals surface area contributed by atoms with E-state index >= 15 is 0 Å². The first kappa shape index (κ1) is 8.93. The molecule has 2 fully saturated rings. The molecular weight excluding hydrogens is 172 g/mol. The topological polar surface area (TPSA) is 61.8 Å². The molecule has 2 aliphatic heterocycles. The van der Waals surface area contributed by atoms with Gasteiger partial charge in [0.1, 0.15) is 0 Å². The van der Waals surface area contributed by atoms with Crippen LogP contribution < -0.4 is 5.32 Å². The van der Waals surface area contributed by atoms with Gasteiger partial charge < -0.3 is 15.2 Å². The Bertz CT molecular complexity index is 209. The van der Waals surface area contributed by atoms with E-state index in [1.54, 1.807) is 0 Å².